The maximum atomic E-state index is 11.9. The normalized spacial score (nSPS) is 15.1. The van der Waals surface area contributed by atoms with E-state index in [9.17, 15) is 8.42 Å². The molecule has 1 aliphatic rings. The molecule has 1 aliphatic heterocycles. The molecular formula is C10H13N3O2S. The van der Waals surface area contributed by atoms with Crippen LogP contribution in [0.3, 0.4) is 0 Å². The van der Waals surface area contributed by atoms with Gasteiger partial charge in [0.25, 0.3) is 0 Å². The largest absolute Gasteiger partial charge is 0.387 e. The van der Waals surface area contributed by atoms with E-state index in [4.69, 9.17) is 5.73 Å². The number of rotatable bonds is 2. The summed E-state index contributed by atoms with van der Waals surface area (Å²) in [5.41, 5.74) is 7.22. The molecule has 0 saturated heterocycles. The molecule has 1 heterocycles. The van der Waals surface area contributed by atoms with E-state index in [1.54, 1.807) is 18.2 Å². The van der Waals surface area contributed by atoms with Crippen molar-refractivity contribution in [1.82, 2.24) is 4.31 Å². The minimum absolute atomic E-state index is 0.245. The molecule has 2 rings (SSSR count). The molecule has 2 N–H and O–H groups in total. The Morgan fingerprint density at radius 1 is 1.38 bits per heavy atom. The SMILES string of the molecule is CN(C)S(=O)(=O)c1ccc2c(c1)N=C(N)C2. The number of sulfonamides is 1. The first kappa shape index (κ1) is 11.1. The quantitative estimate of drug-likeness (QED) is 0.815. The summed E-state index contributed by atoms with van der Waals surface area (Å²) in [5, 5.41) is 0. The molecule has 1 aromatic carbocycles. The fourth-order valence-electron chi connectivity index (χ4n) is 1.56. The Balaban J connectivity index is 2.51. The van der Waals surface area contributed by atoms with Gasteiger partial charge in [0.15, 0.2) is 0 Å². The number of benzene rings is 1. The second-order valence-corrected chi connectivity index (χ2v) is 6.01. The van der Waals surface area contributed by atoms with Crippen LogP contribution in [0.5, 0.6) is 0 Å². The van der Waals surface area contributed by atoms with Gasteiger partial charge in [0.1, 0.15) is 5.84 Å². The topological polar surface area (TPSA) is 75.8 Å². The van der Waals surface area contributed by atoms with Gasteiger partial charge in [-0.05, 0) is 17.7 Å². The summed E-state index contributed by atoms with van der Waals surface area (Å²) in [6.45, 7) is 0. The number of nitrogens with two attached hydrogens (primary N) is 1. The van der Waals surface area contributed by atoms with Crippen LogP contribution < -0.4 is 5.73 Å². The molecule has 0 bridgehead atoms. The van der Waals surface area contributed by atoms with Gasteiger partial charge in [-0.25, -0.2) is 17.7 Å². The summed E-state index contributed by atoms with van der Waals surface area (Å²) in [5.74, 6) is 0.523. The molecule has 0 aliphatic carbocycles. The molecule has 16 heavy (non-hydrogen) atoms. The highest BCUT2D eigenvalue weighted by molar-refractivity contribution is 7.89. The highest BCUT2D eigenvalue weighted by Crippen LogP contribution is 2.28. The van der Waals surface area contributed by atoms with Crippen molar-refractivity contribution < 1.29 is 8.42 Å². The molecule has 6 heteroatoms. The second kappa shape index (κ2) is 3.57. The molecule has 0 spiro atoms. The van der Waals surface area contributed by atoms with Gasteiger partial charge < -0.3 is 5.73 Å². The van der Waals surface area contributed by atoms with Crippen molar-refractivity contribution in [3.63, 3.8) is 0 Å². The van der Waals surface area contributed by atoms with Crippen molar-refractivity contribution in [3.05, 3.63) is 23.8 Å². The van der Waals surface area contributed by atoms with Crippen molar-refractivity contribution in [1.29, 1.82) is 0 Å². The van der Waals surface area contributed by atoms with Crippen LogP contribution in [0.1, 0.15) is 5.56 Å². The lowest BCUT2D eigenvalue weighted by molar-refractivity contribution is 0.521. The van der Waals surface area contributed by atoms with Gasteiger partial charge in [0.2, 0.25) is 10.0 Å². The van der Waals surface area contributed by atoms with E-state index < -0.39 is 10.0 Å². The molecule has 0 unspecified atom stereocenters. The van der Waals surface area contributed by atoms with E-state index in [1.165, 1.54) is 18.4 Å². The zero-order chi connectivity index (χ0) is 11.9. The molecule has 0 atom stereocenters. The van der Waals surface area contributed by atoms with Crippen LogP contribution in [0, 0.1) is 0 Å². The van der Waals surface area contributed by atoms with E-state index in [1.807, 2.05) is 0 Å². The average Bonchev–Trinajstić information content (AvgIpc) is 2.56. The Kier molecular flexibility index (Phi) is 2.47. The molecule has 86 valence electrons. The maximum Gasteiger partial charge on any atom is 0.242 e. The fraction of sp³-hybridized carbons (Fsp3) is 0.300. The first-order valence-corrected chi connectivity index (χ1v) is 6.24. The molecule has 1 aromatic rings. The minimum Gasteiger partial charge on any atom is -0.387 e. The third-order valence-electron chi connectivity index (χ3n) is 2.47. The molecule has 0 radical (unpaired) electrons. The van der Waals surface area contributed by atoms with Gasteiger partial charge in [0, 0.05) is 20.5 Å². The number of hydrogen-bond donors (Lipinski definition) is 1. The zero-order valence-corrected chi connectivity index (χ0v) is 9.95. The van der Waals surface area contributed by atoms with Gasteiger partial charge in [-0.3, -0.25) is 0 Å². The van der Waals surface area contributed by atoms with Crippen molar-refractivity contribution in [2.75, 3.05) is 14.1 Å². The second-order valence-electron chi connectivity index (χ2n) is 3.86. The lowest BCUT2D eigenvalue weighted by atomic mass is 10.1. The van der Waals surface area contributed by atoms with E-state index in [-0.39, 0.29) is 4.90 Å². The highest BCUT2D eigenvalue weighted by atomic mass is 32.2. The van der Waals surface area contributed by atoms with E-state index in [0.29, 0.717) is 17.9 Å². The Labute approximate surface area is 94.6 Å². The van der Waals surface area contributed by atoms with Crippen molar-refractivity contribution in [3.8, 4) is 0 Å². The summed E-state index contributed by atoms with van der Waals surface area (Å²) in [6, 6.07) is 4.90. The number of hydrogen-bond acceptors (Lipinski definition) is 4. The Morgan fingerprint density at radius 2 is 2.06 bits per heavy atom. The van der Waals surface area contributed by atoms with Gasteiger partial charge in [0.05, 0.1) is 10.6 Å². The van der Waals surface area contributed by atoms with Crippen LogP contribution in [0.15, 0.2) is 28.1 Å². The monoisotopic (exact) mass is 239 g/mol. The van der Waals surface area contributed by atoms with Gasteiger partial charge in [-0.1, -0.05) is 6.07 Å². The molecule has 0 amide bonds. The lowest BCUT2D eigenvalue weighted by Crippen LogP contribution is -2.22. The minimum atomic E-state index is -3.39. The average molecular weight is 239 g/mol. The van der Waals surface area contributed by atoms with Crippen molar-refractivity contribution >= 4 is 21.5 Å². The van der Waals surface area contributed by atoms with Crippen LogP contribution in [-0.4, -0.2) is 32.7 Å². The zero-order valence-electron chi connectivity index (χ0n) is 9.14. The van der Waals surface area contributed by atoms with E-state index >= 15 is 0 Å². The molecule has 0 saturated carbocycles. The third-order valence-corrected chi connectivity index (χ3v) is 4.28. The predicted molar refractivity (Wildman–Crippen MR) is 62.3 cm³/mol. The summed E-state index contributed by atoms with van der Waals surface area (Å²) in [4.78, 5) is 4.34. The fourth-order valence-corrected chi connectivity index (χ4v) is 2.48. The number of aliphatic imine (C=N–C) groups is 1. The summed E-state index contributed by atoms with van der Waals surface area (Å²) in [7, 11) is -0.392. The summed E-state index contributed by atoms with van der Waals surface area (Å²) in [6.07, 6.45) is 0.595. The van der Waals surface area contributed by atoms with Gasteiger partial charge in [-0.2, -0.15) is 0 Å². The predicted octanol–water partition coefficient (Wildman–Crippen LogP) is 0.482. The first-order valence-electron chi connectivity index (χ1n) is 4.80. The summed E-state index contributed by atoms with van der Waals surface area (Å²) >= 11 is 0. The number of nitrogens with zero attached hydrogens (tertiary/aromatic N) is 2. The lowest BCUT2D eigenvalue weighted by Gasteiger charge is -2.11. The van der Waals surface area contributed by atoms with Crippen LogP contribution in [0.25, 0.3) is 0 Å². The number of amidine groups is 1. The van der Waals surface area contributed by atoms with Crippen LogP contribution >= 0.6 is 0 Å². The molecule has 0 aromatic heterocycles. The highest BCUT2D eigenvalue weighted by Gasteiger charge is 2.20. The number of fused-ring (bicyclic) bond motifs is 1. The van der Waals surface area contributed by atoms with Gasteiger partial charge in [-0.15, -0.1) is 0 Å². The first-order chi connectivity index (χ1) is 7.41. The third kappa shape index (κ3) is 1.70. The van der Waals surface area contributed by atoms with Gasteiger partial charge >= 0.3 is 0 Å². The Morgan fingerprint density at radius 3 is 2.69 bits per heavy atom. The maximum absolute atomic E-state index is 11.9. The van der Waals surface area contributed by atoms with E-state index in [2.05, 4.69) is 4.99 Å². The van der Waals surface area contributed by atoms with Crippen molar-refractivity contribution in [2.24, 2.45) is 10.7 Å². The Bertz CT molecular complexity index is 561. The Hall–Kier alpha value is -1.40. The van der Waals surface area contributed by atoms with Crippen molar-refractivity contribution in [2.45, 2.75) is 11.3 Å². The molecule has 5 nitrogen and oxygen atoms in total. The smallest absolute Gasteiger partial charge is 0.242 e. The summed E-state index contributed by atoms with van der Waals surface area (Å²) < 4.78 is 24.9. The van der Waals surface area contributed by atoms with Crippen LogP contribution in [-0.2, 0) is 16.4 Å². The van der Waals surface area contributed by atoms with E-state index in [0.717, 1.165) is 5.56 Å². The van der Waals surface area contributed by atoms with Crippen LogP contribution in [0.4, 0.5) is 5.69 Å². The van der Waals surface area contributed by atoms with Crippen LogP contribution in [0.2, 0.25) is 0 Å². The molecular weight excluding hydrogens is 226 g/mol. The standard InChI is InChI=1S/C10H13N3O2S/c1-13(2)16(14,15)8-4-3-7-5-10(11)12-9(7)6-8/h3-4,6H,5H2,1-2H3,(H2,11,12). The molecule has 0 fully saturated rings.